The molecule has 3 aromatic carbocycles. The minimum Gasteiger partial charge on any atom is -0.483 e. The molecule has 0 fully saturated rings. The van der Waals surface area contributed by atoms with Gasteiger partial charge in [0.1, 0.15) is 5.75 Å². The molecular formula is C23H23N3O6S. The molecule has 9 nitrogen and oxygen atoms in total. The molecule has 0 aromatic heterocycles. The van der Waals surface area contributed by atoms with Gasteiger partial charge >= 0.3 is 0 Å². The van der Waals surface area contributed by atoms with Crippen LogP contribution in [0.2, 0.25) is 0 Å². The van der Waals surface area contributed by atoms with E-state index in [1.54, 1.807) is 19.9 Å². The lowest BCUT2D eigenvalue weighted by molar-refractivity contribution is -0.384. The lowest BCUT2D eigenvalue weighted by Gasteiger charge is -2.13. The van der Waals surface area contributed by atoms with E-state index in [1.807, 2.05) is 30.3 Å². The smallest absolute Gasteiger partial charge is 0.271 e. The highest BCUT2D eigenvalue weighted by atomic mass is 32.2. The Balaban J connectivity index is 1.62. The van der Waals surface area contributed by atoms with Gasteiger partial charge in [0.05, 0.1) is 15.5 Å². The van der Waals surface area contributed by atoms with Crippen molar-refractivity contribution in [1.82, 2.24) is 4.72 Å². The number of nitro benzene ring substituents is 1. The summed E-state index contributed by atoms with van der Waals surface area (Å²) in [4.78, 5) is 22.7. The predicted molar refractivity (Wildman–Crippen MR) is 124 cm³/mol. The molecule has 0 saturated carbocycles. The van der Waals surface area contributed by atoms with Crippen molar-refractivity contribution in [2.75, 3.05) is 11.9 Å². The molecule has 0 heterocycles. The van der Waals surface area contributed by atoms with Gasteiger partial charge in [-0.2, -0.15) is 0 Å². The fraction of sp³-hybridized carbons (Fsp3) is 0.174. The van der Waals surface area contributed by atoms with E-state index < -0.39 is 20.9 Å². The molecule has 0 bridgehead atoms. The molecule has 0 aliphatic carbocycles. The van der Waals surface area contributed by atoms with Crippen LogP contribution in [0.1, 0.15) is 16.7 Å². The molecule has 0 atom stereocenters. The quantitative estimate of drug-likeness (QED) is 0.363. The van der Waals surface area contributed by atoms with E-state index >= 15 is 0 Å². The van der Waals surface area contributed by atoms with Crippen LogP contribution >= 0.6 is 0 Å². The molecule has 0 spiro atoms. The molecule has 0 unspecified atom stereocenters. The molecule has 1 amide bonds. The summed E-state index contributed by atoms with van der Waals surface area (Å²) in [5.41, 5.74) is 2.23. The number of amides is 1. The first-order chi connectivity index (χ1) is 15.7. The number of ether oxygens (including phenoxy) is 1. The third kappa shape index (κ3) is 6.37. The lowest BCUT2D eigenvalue weighted by atomic mass is 10.2. The molecule has 0 saturated heterocycles. The van der Waals surface area contributed by atoms with Crippen molar-refractivity contribution in [1.29, 1.82) is 0 Å². The van der Waals surface area contributed by atoms with Crippen LogP contribution in [0.4, 0.5) is 11.4 Å². The van der Waals surface area contributed by atoms with Gasteiger partial charge in [0, 0.05) is 18.7 Å². The summed E-state index contributed by atoms with van der Waals surface area (Å²) in [6, 6.07) is 17.7. The van der Waals surface area contributed by atoms with Crippen molar-refractivity contribution in [3.8, 4) is 5.75 Å². The number of hydrogen-bond donors (Lipinski definition) is 2. The van der Waals surface area contributed by atoms with Crippen molar-refractivity contribution in [2.45, 2.75) is 25.3 Å². The minimum absolute atomic E-state index is 0.0833. The van der Waals surface area contributed by atoms with Crippen molar-refractivity contribution in [3.05, 3.63) is 93.5 Å². The van der Waals surface area contributed by atoms with E-state index in [9.17, 15) is 23.3 Å². The van der Waals surface area contributed by atoms with Gasteiger partial charge < -0.3 is 10.1 Å². The average Bonchev–Trinajstić information content (AvgIpc) is 2.79. The molecule has 2 N–H and O–H groups in total. The van der Waals surface area contributed by atoms with Crippen LogP contribution in [0, 0.1) is 24.0 Å². The molecular weight excluding hydrogens is 446 g/mol. The Bertz CT molecular complexity index is 1280. The van der Waals surface area contributed by atoms with Crippen LogP contribution in [-0.4, -0.2) is 25.9 Å². The highest BCUT2D eigenvalue weighted by molar-refractivity contribution is 7.89. The van der Waals surface area contributed by atoms with E-state index in [0.29, 0.717) is 22.6 Å². The molecule has 3 rings (SSSR count). The number of nitrogens with zero attached hydrogens (tertiary/aromatic N) is 1. The number of nitro groups is 1. The highest BCUT2D eigenvalue weighted by Gasteiger charge is 2.16. The number of carbonyl (C=O) groups excluding carboxylic acids is 1. The van der Waals surface area contributed by atoms with E-state index in [0.717, 1.165) is 5.56 Å². The predicted octanol–water partition coefficient (Wildman–Crippen LogP) is 3.71. The maximum Gasteiger partial charge on any atom is 0.271 e. The first-order valence-corrected chi connectivity index (χ1v) is 11.5. The largest absolute Gasteiger partial charge is 0.483 e. The fourth-order valence-corrected chi connectivity index (χ4v) is 4.10. The Morgan fingerprint density at radius 2 is 1.73 bits per heavy atom. The molecule has 3 aromatic rings. The third-order valence-electron chi connectivity index (χ3n) is 4.83. The maximum absolute atomic E-state index is 12.6. The highest BCUT2D eigenvalue weighted by Crippen LogP contribution is 2.23. The average molecular weight is 470 g/mol. The zero-order chi connectivity index (χ0) is 24.0. The molecule has 172 valence electrons. The van der Waals surface area contributed by atoms with Crippen LogP contribution < -0.4 is 14.8 Å². The van der Waals surface area contributed by atoms with Gasteiger partial charge in [-0.3, -0.25) is 14.9 Å². The lowest BCUT2D eigenvalue weighted by Crippen LogP contribution is -2.23. The van der Waals surface area contributed by atoms with Crippen LogP contribution in [0.15, 0.2) is 71.6 Å². The van der Waals surface area contributed by atoms with Crippen LogP contribution in [-0.2, 0) is 21.4 Å². The molecule has 33 heavy (non-hydrogen) atoms. The summed E-state index contributed by atoms with van der Waals surface area (Å²) >= 11 is 0. The number of anilines is 1. The van der Waals surface area contributed by atoms with Gasteiger partial charge in [-0.25, -0.2) is 13.1 Å². The topological polar surface area (TPSA) is 128 Å². The van der Waals surface area contributed by atoms with Gasteiger partial charge in [-0.05, 0) is 48.7 Å². The molecule has 10 heteroatoms. The summed E-state index contributed by atoms with van der Waals surface area (Å²) in [5.74, 6) is -0.151. The summed E-state index contributed by atoms with van der Waals surface area (Å²) in [6.07, 6.45) is 0. The second-order valence-corrected chi connectivity index (χ2v) is 9.10. The second kappa shape index (κ2) is 10.2. The molecule has 0 radical (unpaired) electrons. The van der Waals surface area contributed by atoms with Gasteiger partial charge in [0.2, 0.25) is 10.0 Å². The number of aryl methyl sites for hydroxylation is 2. The van der Waals surface area contributed by atoms with E-state index in [1.165, 1.54) is 30.3 Å². The van der Waals surface area contributed by atoms with Gasteiger partial charge in [-0.1, -0.05) is 36.4 Å². The standard InChI is InChI=1S/C23H23N3O6S/c1-16-8-9-19(26(28)29)13-21(16)25-23(27)15-32-22-11-10-20(12-17(22)2)33(30,31)24-14-18-6-4-3-5-7-18/h3-13,24H,14-15H2,1-2H3,(H,25,27). The van der Waals surface area contributed by atoms with Crippen LogP contribution in [0.3, 0.4) is 0 Å². The summed E-state index contributed by atoms with van der Waals surface area (Å²) in [7, 11) is -3.73. The van der Waals surface area contributed by atoms with Gasteiger partial charge in [0.25, 0.3) is 11.6 Å². The second-order valence-electron chi connectivity index (χ2n) is 7.33. The Morgan fingerprint density at radius 1 is 1.00 bits per heavy atom. The molecule has 0 aliphatic heterocycles. The number of hydrogen-bond acceptors (Lipinski definition) is 6. The Kier molecular flexibility index (Phi) is 7.41. The minimum atomic E-state index is -3.73. The van der Waals surface area contributed by atoms with Crippen molar-refractivity contribution < 1.29 is 22.9 Å². The first kappa shape index (κ1) is 23.9. The van der Waals surface area contributed by atoms with E-state index in [2.05, 4.69) is 10.0 Å². The Labute approximate surface area is 191 Å². The number of benzene rings is 3. The van der Waals surface area contributed by atoms with Gasteiger partial charge in [0.15, 0.2) is 6.61 Å². The summed E-state index contributed by atoms with van der Waals surface area (Å²) < 4.78 is 33.2. The zero-order valence-corrected chi connectivity index (χ0v) is 18.9. The number of sulfonamides is 1. The zero-order valence-electron chi connectivity index (χ0n) is 18.1. The Hall–Kier alpha value is -3.76. The van der Waals surface area contributed by atoms with Crippen LogP contribution in [0.5, 0.6) is 5.75 Å². The normalized spacial score (nSPS) is 11.1. The summed E-state index contributed by atoms with van der Waals surface area (Å²) in [6.45, 7) is 3.21. The third-order valence-corrected chi connectivity index (χ3v) is 6.23. The van der Waals surface area contributed by atoms with Crippen molar-refractivity contribution >= 4 is 27.3 Å². The fourth-order valence-electron chi connectivity index (χ4n) is 3.00. The van der Waals surface area contributed by atoms with Crippen LogP contribution in [0.25, 0.3) is 0 Å². The molecule has 0 aliphatic rings. The first-order valence-electron chi connectivity index (χ1n) is 9.97. The summed E-state index contributed by atoms with van der Waals surface area (Å²) in [5, 5.41) is 13.5. The Morgan fingerprint density at radius 3 is 2.39 bits per heavy atom. The number of nitrogens with one attached hydrogen (secondary N) is 2. The van der Waals surface area contributed by atoms with Crippen molar-refractivity contribution in [3.63, 3.8) is 0 Å². The monoisotopic (exact) mass is 469 g/mol. The van der Waals surface area contributed by atoms with E-state index in [-0.39, 0.29) is 23.7 Å². The number of rotatable bonds is 9. The van der Waals surface area contributed by atoms with Gasteiger partial charge in [-0.15, -0.1) is 0 Å². The van der Waals surface area contributed by atoms with Crippen molar-refractivity contribution in [2.24, 2.45) is 0 Å². The number of carbonyl (C=O) groups is 1. The number of non-ortho nitro benzene ring substituents is 1. The van der Waals surface area contributed by atoms with E-state index in [4.69, 9.17) is 4.74 Å². The maximum atomic E-state index is 12.6. The SMILES string of the molecule is Cc1ccc([N+](=O)[O-])cc1NC(=O)COc1ccc(S(=O)(=O)NCc2ccccc2)cc1C.